The van der Waals surface area contributed by atoms with E-state index in [0.29, 0.717) is 11.8 Å². The maximum Gasteiger partial charge on any atom is 0.243 e. The highest BCUT2D eigenvalue weighted by Crippen LogP contribution is 2.16. The number of aryl methyl sites for hydroxylation is 1. The van der Waals surface area contributed by atoms with Crippen molar-refractivity contribution in [3.05, 3.63) is 11.7 Å². The highest BCUT2D eigenvalue weighted by molar-refractivity contribution is 4.92. The molecule has 0 fully saturated rings. The summed E-state index contributed by atoms with van der Waals surface area (Å²) in [4.78, 5) is 4.22. The van der Waals surface area contributed by atoms with Gasteiger partial charge in [0.2, 0.25) is 5.89 Å². The molecule has 2 N–H and O–H groups in total. The van der Waals surface area contributed by atoms with E-state index in [1.807, 2.05) is 13.8 Å². The molecule has 0 saturated heterocycles. The summed E-state index contributed by atoms with van der Waals surface area (Å²) in [5.41, 5.74) is 5.85. The van der Waals surface area contributed by atoms with Crippen LogP contribution in [0.3, 0.4) is 0 Å². The largest absolute Gasteiger partial charge is 0.338 e. The Kier molecular flexibility index (Phi) is 3.42. The van der Waals surface area contributed by atoms with Crippen molar-refractivity contribution >= 4 is 0 Å². The summed E-state index contributed by atoms with van der Waals surface area (Å²) >= 11 is 0. The van der Waals surface area contributed by atoms with Gasteiger partial charge in [-0.2, -0.15) is 4.98 Å². The van der Waals surface area contributed by atoms with Crippen LogP contribution >= 0.6 is 0 Å². The zero-order valence-corrected chi connectivity index (χ0v) is 8.45. The van der Waals surface area contributed by atoms with Gasteiger partial charge in [0.1, 0.15) is 0 Å². The molecule has 1 aromatic rings. The van der Waals surface area contributed by atoms with Gasteiger partial charge in [-0.1, -0.05) is 25.9 Å². The number of nitrogens with two attached hydrogens (primary N) is 1. The minimum atomic E-state index is -0.141. The van der Waals surface area contributed by atoms with Gasteiger partial charge < -0.3 is 10.3 Å². The summed E-state index contributed by atoms with van der Waals surface area (Å²) in [7, 11) is 0. The van der Waals surface area contributed by atoms with E-state index in [4.69, 9.17) is 10.3 Å². The van der Waals surface area contributed by atoms with Gasteiger partial charge in [-0.25, -0.2) is 0 Å². The van der Waals surface area contributed by atoms with E-state index >= 15 is 0 Å². The normalized spacial score (nSPS) is 13.6. The molecule has 4 heteroatoms. The van der Waals surface area contributed by atoms with Crippen LogP contribution in [0.1, 0.15) is 44.9 Å². The van der Waals surface area contributed by atoms with Crippen molar-refractivity contribution in [2.75, 3.05) is 0 Å². The van der Waals surface area contributed by atoms with Crippen LogP contribution < -0.4 is 5.73 Å². The minimum Gasteiger partial charge on any atom is -0.338 e. The van der Waals surface area contributed by atoms with Gasteiger partial charge in [-0.05, 0) is 12.3 Å². The lowest BCUT2D eigenvalue weighted by molar-refractivity contribution is 0.322. The highest BCUT2D eigenvalue weighted by atomic mass is 16.5. The molecule has 1 aromatic heterocycles. The predicted molar refractivity (Wildman–Crippen MR) is 50.1 cm³/mol. The summed E-state index contributed by atoms with van der Waals surface area (Å²) in [5, 5.41) is 3.84. The maximum absolute atomic E-state index is 5.85. The molecule has 0 aliphatic heterocycles. The first-order chi connectivity index (χ1) is 6.15. The SMILES string of the molecule is CCCc1noc([C@@H](N)C(C)C)n1. The van der Waals surface area contributed by atoms with Gasteiger partial charge in [0.05, 0.1) is 6.04 Å². The molecule has 0 radical (unpaired) electrons. The van der Waals surface area contributed by atoms with Crippen molar-refractivity contribution < 1.29 is 4.52 Å². The smallest absolute Gasteiger partial charge is 0.243 e. The maximum atomic E-state index is 5.85. The molecular formula is C9H17N3O. The quantitative estimate of drug-likeness (QED) is 0.771. The van der Waals surface area contributed by atoms with Crippen molar-refractivity contribution in [2.45, 2.75) is 39.7 Å². The molecule has 4 nitrogen and oxygen atoms in total. The molecule has 0 amide bonds. The van der Waals surface area contributed by atoms with Crippen molar-refractivity contribution in [1.29, 1.82) is 0 Å². The van der Waals surface area contributed by atoms with E-state index in [-0.39, 0.29) is 6.04 Å². The number of rotatable bonds is 4. The van der Waals surface area contributed by atoms with E-state index in [0.717, 1.165) is 18.7 Å². The average molecular weight is 183 g/mol. The second-order valence-electron chi connectivity index (χ2n) is 3.57. The molecule has 1 rings (SSSR count). The third kappa shape index (κ3) is 2.52. The van der Waals surface area contributed by atoms with E-state index in [2.05, 4.69) is 17.1 Å². The van der Waals surface area contributed by atoms with Crippen LogP contribution in [-0.2, 0) is 6.42 Å². The Morgan fingerprint density at radius 1 is 1.46 bits per heavy atom. The molecule has 0 aliphatic carbocycles. The minimum absolute atomic E-state index is 0.141. The van der Waals surface area contributed by atoms with Gasteiger partial charge in [0.15, 0.2) is 5.82 Å². The van der Waals surface area contributed by atoms with E-state index in [1.165, 1.54) is 0 Å². The second-order valence-corrected chi connectivity index (χ2v) is 3.57. The zero-order valence-electron chi connectivity index (χ0n) is 8.45. The van der Waals surface area contributed by atoms with Crippen LogP contribution in [-0.4, -0.2) is 10.1 Å². The Balaban J connectivity index is 2.67. The van der Waals surface area contributed by atoms with Gasteiger partial charge in [0, 0.05) is 6.42 Å². The molecule has 0 saturated carbocycles. The third-order valence-corrected chi connectivity index (χ3v) is 1.96. The van der Waals surface area contributed by atoms with Gasteiger partial charge in [-0.15, -0.1) is 0 Å². The fourth-order valence-electron chi connectivity index (χ4n) is 1.01. The molecule has 0 unspecified atom stereocenters. The summed E-state index contributed by atoms with van der Waals surface area (Å²) in [6.07, 6.45) is 1.88. The van der Waals surface area contributed by atoms with Crippen LogP contribution in [0.5, 0.6) is 0 Å². The lowest BCUT2D eigenvalue weighted by Crippen LogP contribution is -2.17. The monoisotopic (exact) mass is 183 g/mol. The summed E-state index contributed by atoms with van der Waals surface area (Å²) in [6.45, 7) is 6.15. The van der Waals surface area contributed by atoms with E-state index in [1.54, 1.807) is 0 Å². The number of hydrogen-bond acceptors (Lipinski definition) is 4. The fourth-order valence-corrected chi connectivity index (χ4v) is 1.01. The van der Waals surface area contributed by atoms with E-state index < -0.39 is 0 Å². The van der Waals surface area contributed by atoms with Crippen LogP contribution in [0.4, 0.5) is 0 Å². The zero-order chi connectivity index (χ0) is 9.84. The number of hydrogen-bond donors (Lipinski definition) is 1. The first-order valence-corrected chi connectivity index (χ1v) is 4.73. The summed E-state index contributed by atoms with van der Waals surface area (Å²) < 4.78 is 5.05. The van der Waals surface area contributed by atoms with Crippen LogP contribution in [0.15, 0.2) is 4.52 Å². The Morgan fingerprint density at radius 3 is 2.69 bits per heavy atom. The molecule has 0 aromatic carbocycles. The molecular weight excluding hydrogens is 166 g/mol. The Morgan fingerprint density at radius 2 is 2.15 bits per heavy atom. The average Bonchev–Trinajstić information content (AvgIpc) is 2.52. The van der Waals surface area contributed by atoms with Gasteiger partial charge in [0.25, 0.3) is 0 Å². The highest BCUT2D eigenvalue weighted by Gasteiger charge is 2.17. The molecule has 74 valence electrons. The lowest BCUT2D eigenvalue weighted by Gasteiger charge is -2.09. The molecule has 0 aliphatic rings. The van der Waals surface area contributed by atoms with Crippen LogP contribution in [0.25, 0.3) is 0 Å². The molecule has 1 heterocycles. The Bertz CT molecular complexity index is 257. The van der Waals surface area contributed by atoms with Crippen LogP contribution in [0.2, 0.25) is 0 Å². The predicted octanol–water partition coefficient (Wildman–Crippen LogP) is 1.68. The van der Waals surface area contributed by atoms with Gasteiger partial charge in [-0.3, -0.25) is 0 Å². The molecule has 1 atom stereocenters. The Hall–Kier alpha value is -0.900. The van der Waals surface area contributed by atoms with Crippen molar-refractivity contribution in [2.24, 2.45) is 11.7 Å². The third-order valence-electron chi connectivity index (χ3n) is 1.96. The van der Waals surface area contributed by atoms with Gasteiger partial charge >= 0.3 is 0 Å². The summed E-state index contributed by atoms with van der Waals surface area (Å²) in [6, 6.07) is -0.141. The van der Waals surface area contributed by atoms with E-state index in [9.17, 15) is 0 Å². The summed E-state index contributed by atoms with van der Waals surface area (Å²) in [5.74, 6) is 1.64. The second kappa shape index (κ2) is 4.37. The fraction of sp³-hybridized carbons (Fsp3) is 0.778. The first kappa shape index (κ1) is 10.2. The van der Waals surface area contributed by atoms with Crippen molar-refractivity contribution in [1.82, 2.24) is 10.1 Å². The standard InChI is InChI=1S/C9H17N3O/c1-4-5-7-11-9(13-12-7)8(10)6(2)3/h6,8H,4-5,10H2,1-3H3/t8-/m0/s1. The number of nitrogens with zero attached hydrogens (tertiary/aromatic N) is 2. The van der Waals surface area contributed by atoms with Crippen LogP contribution in [0, 0.1) is 5.92 Å². The Labute approximate surface area is 78.5 Å². The molecule has 0 spiro atoms. The lowest BCUT2D eigenvalue weighted by atomic mass is 10.1. The molecule has 13 heavy (non-hydrogen) atoms. The first-order valence-electron chi connectivity index (χ1n) is 4.73. The number of aromatic nitrogens is 2. The molecule has 0 bridgehead atoms. The topological polar surface area (TPSA) is 64.9 Å². The van der Waals surface area contributed by atoms with Crippen molar-refractivity contribution in [3.63, 3.8) is 0 Å². The van der Waals surface area contributed by atoms with Crippen molar-refractivity contribution in [3.8, 4) is 0 Å².